The zero-order valence-corrected chi connectivity index (χ0v) is 15.2. The molecule has 0 saturated heterocycles. The van der Waals surface area contributed by atoms with Gasteiger partial charge in [0.05, 0.1) is 17.3 Å². The van der Waals surface area contributed by atoms with Gasteiger partial charge < -0.3 is 5.11 Å². The van der Waals surface area contributed by atoms with Crippen LogP contribution < -0.4 is 4.72 Å². The van der Waals surface area contributed by atoms with Crippen molar-refractivity contribution in [3.05, 3.63) is 70.5 Å². The number of nitrogens with zero attached hydrogens (tertiary/aromatic N) is 1. The number of halogens is 2. The van der Waals surface area contributed by atoms with Gasteiger partial charge in [-0.1, -0.05) is 65.7 Å². The van der Waals surface area contributed by atoms with Crippen molar-refractivity contribution >= 4 is 44.0 Å². The van der Waals surface area contributed by atoms with Crippen LogP contribution in [0.15, 0.2) is 59.6 Å². The number of benzene rings is 2. The highest BCUT2D eigenvalue weighted by Crippen LogP contribution is 2.26. The predicted octanol–water partition coefficient (Wildman–Crippen LogP) is 3.55. The number of pyridine rings is 1. The molecule has 3 aromatic rings. The van der Waals surface area contributed by atoms with Crippen LogP contribution in [0.4, 0.5) is 0 Å². The quantitative estimate of drug-likeness (QED) is 0.646. The van der Waals surface area contributed by atoms with E-state index in [1.165, 1.54) is 6.07 Å². The zero-order valence-electron chi connectivity index (χ0n) is 12.9. The Balaban J connectivity index is 1.82. The fourth-order valence-electron chi connectivity index (χ4n) is 2.51. The van der Waals surface area contributed by atoms with Gasteiger partial charge >= 0.3 is 0 Å². The van der Waals surface area contributed by atoms with E-state index < -0.39 is 16.1 Å². The number of nitrogens with one attached hydrogen (secondary N) is 1. The highest BCUT2D eigenvalue weighted by Gasteiger charge is 2.21. The number of rotatable bonds is 5. The van der Waals surface area contributed by atoms with Gasteiger partial charge in [-0.05, 0) is 22.4 Å². The summed E-state index contributed by atoms with van der Waals surface area (Å²) in [6.45, 7) is -0.199. The number of hydrogen-bond donors (Lipinski definition) is 2. The SMILES string of the molecule is O=S(=O)(NCC(O)c1cccc2ccccc12)c1cnc(Cl)cc1Cl. The summed E-state index contributed by atoms with van der Waals surface area (Å²) in [7, 11) is -3.93. The molecule has 0 aliphatic rings. The molecule has 1 atom stereocenters. The third kappa shape index (κ3) is 3.94. The molecule has 0 fully saturated rings. The predicted molar refractivity (Wildman–Crippen MR) is 98.4 cm³/mol. The molecule has 3 rings (SSSR count). The second kappa shape index (κ2) is 7.27. The molecule has 0 bridgehead atoms. The maximum atomic E-state index is 12.4. The highest BCUT2D eigenvalue weighted by atomic mass is 35.5. The molecule has 8 heteroatoms. The van der Waals surface area contributed by atoms with E-state index in [-0.39, 0.29) is 21.6 Å². The van der Waals surface area contributed by atoms with Crippen molar-refractivity contribution in [3.63, 3.8) is 0 Å². The standard InChI is InChI=1S/C17H14Cl2N2O3S/c18-14-8-17(19)20-10-16(14)25(23,24)21-9-15(22)13-7-3-5-11-4-1-2-6-12(11)13/h1-8,10,15,21-22H,9H2. The lowest BCUT2D eigenvalue weighted by atomic mass is 10.0. The van der Waals surface area contributed by atoms with E-state index in [9.17, 15) is 13.5 Å². The zero-order chi connectivity index (χ0) is 18.0. The molecule has 0 aliphatic heterocycles. The summed E-state index contributed by atoms with van der Waals surface area (Å²) < 4.78 is 27.1. The summed E-state index contributed by atoms with van der Waals surface area (Å²) in [6.07, 6.45) is 0.0667. The molecule has 1 heterocycles. The maximum Gasteiger partial charge on any atom is 0.243 e. The van der Waals surface area contributed by atoms with E-state index in [0.29, 0.717) is 5.56 Å². The lowest BCUT2D eigenvalue weighted by Crippen LogP contribution is -2.29. The van der Waals surface area contributed by atoms with Crippen molar-refractivity contribution in [3.8, 4) is 0 Å². The van der Waals surface area contributed by atoms with Crippen molar-refractivity contribution in [2.75, 3.05) is 6.54 Å². The summed E-state index contributed by atoms with van der Waals surface area (Å²) >= 11 is 11.6. The second-order valence-corrected chi connectivity index (χ2v) is 7.90. The molecule has 1 aromatic heterocycles. The fraction of sp³-hybridized carbons (Fsp3) is 0.118. The lowest BCUT2D eigenvalue weighted by molar-refractivity contribution is 0.183. The van der Waals surface area contributed by atoms with Crippen molar-refractivity contribution in [1.29, 1.82) is 0 Å². The van der Waals surface area contributed by atoms with E-state index in [1.807, 2.05) is 36.4 Å². The average molecular weight is 397 g/mol. The Morgan fingerprint density at radius 3 is 2.60 bits per heavy atom. The van der Waals surface area contributed by atoms with E-state index in [0.717, 1.165) is 17.0 Å². The van der Waals surface area contributed by atoms with E-state index >= 15 is 0 Å². The smallest absolute Gasteiger partial charge is 0.243 e. The van der Waals surface area contributed by atoms with E-state index in [4.69, 9.17) is 23.2 Å². The van der Waals surface area contributed by atoms with Crippen LogP contribution in [0.2, 0.25) is 10.2 Å². The van der Waals surface area contributed by atoms with Crippen molar-refractivity contribution < 1.29 is 13.5 Å². The summed E-state index contributed by atoms with van der Waals surface area (Å²) in [5.74, 6) is 0. The van der Waals surface area contributed by atoms with Gasteiger partial charge in [0.25, 0.3) is 0 Å². The molecular weight excluding hydrogens is 383 g/mol. The Morgan fingerprint density at radius 1 is 1.12 bits per heavy atom. The van der Waals surface area contributed by atoms with Crippen LogP contribution in [0.3, 0.4) is 0 Å². The van der Waals surface area contributed by atoms with Gasteiger partial charge in [0, 0.05) is 6.54 Å². The van der Waals surface area contributed by atoms with Crippen LogP contribution in [0, 0.1) is 0 Å². The average Bonchev–Trinajstić information content (AvgIpc) is 2.59. The Kier molecular flexibility index (Phi) is 5.27. The van der Waals surface area contributed by atoms with E-state index in [1.54, 1.807) is 6.07 Å². The van der Waals surface area contributed by atoms with Crippen LogP contribution in [0.1, 0.15) is 11.7 Å². The van der Waals surface area contributed by atoms with Crippen molar-refractivity contribution in [1.82, 2.24) is 9.71 Å². The largest absolute Gasteiger partial charge is 0.387 e. The minimum atomic E-state index is -3.93. The first kappa shape index (κ1) is 18.1. The number of aliphatic hydroxyl groups is 1. The van der Waals surface area contributed by atoms with Gasteiger partial charge in [-0.25, -0.2) is 18.1 Å². The molecule has 0 saturated carbocycles. The Bertz CT molecular complexity index is 1020. The molecule has 0 spiro atoms. The Morgan fingerprint density at radius 2 is 1.84 bits per heavy atom. The van der Waals surface area contributed by atoms with Crippen molar-refractivity contribution in [2.45, 2.75) is 11.0 Å². The Labute approximate surface area is 155 Å². The maximum absolute atomic E-state index is 12.4. The first-order valence-electron chi connectivity index (χ1n) is 7.35. The molecule has 1 unspecified atom stereocenters. The normalized spacial score (nSPS) is 13.1. The third-order valence-corrected chi connectivity index (χ3v) is 5.81. The van der Waals surface area contributed by atoms with Gasteiger partial charge in [-0.2, -0.15) is 0 Å². The molecule has 5 nitrogen and oxygen atoms in total. The molecule has 0 radical (unpaired) electrons. The molecule has 25 heavy (non-hydrogen) atoms. The minimum Gasteiger partial charge on any atom is -0.387 e. The summed E-state index contributed by atoms with van der Waals surface area (Å²) in [4.78, 5) is 3.54. The van der Waals surface area contributed by atoms with Gasteiger partial charge in [0.15, 0.2) is 0 Å². The van der Waals surface area contributed by atoms with Crippen LogP contribution in [-0.4, -0.2) is 25.1 Å². The topological polar surface area (TPSA) is 79.3 Å². The number of sulfonamides is 1. The van der Waals surface area contributed by atoms with Gasteiger partial charge in [-0.15, -0.1) is 0 Å². The molecule has 0 amide bonds. The van der Waals surface area contributed by atoms with E-state index in [2.05, 4.69) is 9.71 Å². The van der Waals surface area contributed by atoms with Crippen molar-refractivity contribution in [2.24, 2.45) is 0 Å². The Hall–Kier alpha value is -1.70. The minimum absolute atomic E-state index is 0.0350. The van der Waals surface area contributed by atoms with Crippen LogP contribution in [-0.2, 0) is 10.0 Å². The molecule has 2 aromatic carbocycles. The summed E-state index contributed by atoms with van der Waals surface area (Å²) in [5.41, 5.74) is 0.640. The number of hydrogen-bond acceptors (Lipinski definition) is 4. The first-order chi connectivity index (χ1) is 11.9. The fourth-order valence-corrected chi connectivity index (χ4v) is 4.22. The number of aliphatic hydroxyl groups excluding tert-OH is 1. The van der Waals surface area contributed by atoms with Gasteiger partial charge in [0.1, 0.15) is 10.0 Å². The van der Waals surface area contributed by atoms with Gasteiger partial charge in [0.2, 0.25) is 10.0 Å². The van der Waals surface area contributed by atoms with Crippen LogP contribution in [0.5, 0.6) is 0 Å². The number of fused-ring (bicyclic) bond motifs is 1. The number of aromatic nitrogens is 1. The highest BCUT2D eigenvalue weighted by molar-refractivity contribution is 7.89. The third-order valence-electron chi connectivity index (χ3n) is 3.72. The molecule has 0 aliphatic carbocycles. The second-order valence-electron chi connectivity index (χ2n) is 5.37. The molecule has 130 valence electrons. The van der Waals surface area contributed by atoms with Crippen LogP contribution >= 0.6 is 23.2 Å². The summed E-state index contributed by atoms with van der Waals surface area (Å²) in [5, 5.41) is 12.3. The monoisotopic (exact) mass is 396 g/mol. The molecule has 2 N–H and O–H groups in total. The van der Waals surface area contributed by atoms with Crippen LogP contribution in [0.25, 0.3) is 10.8 Å². The molecular formula is C17H14Cl2N2O3S. The summed E-state index contributed by atoms with van der Waals surface area (Å²) in [6, 6.07) is 14.3. The first-order valence-corrected chi connectivity index (χ1v) is 9.59. The lowest BCUT2D eigenvalue weighted by Gasteiger charge is -2.15. The van der Waals surface area contributed by atoms with Gasteiger partial charge in [-0.3, -0.25) is 0 Å².